The van der Waals surface area contributed by atoms with Gasteiger partial charge in [0, 0.05) is 12.4 Å². The minimum atomic E-state index is 0.260. The summed E-state index contributed by atoms with van der Waals surface area (Å²) in [5.41, 5.74) is 7.48. The smallest absolute Gasteiger partial charge is 0.0635 e. The summed E-state index contributed by atoms with van der Waals surface area (Å²) in [5, 5.41) is 9.20. The van der Waals surface area contributed by atoms with Crippen LogP contribution >= 0.6 is 23.4 Å². The molecule has 0 aliphatic carbocycles. The zero-order chi connectivity index (χ0) is 10.4. The quantitative estimate of drug-likeness (QED) is 0.605. The van der Waals surface area contributed by atoms with Crippen molar-refractivity contribution in [3.8, 4) is 0 Å². The van der Waals surface area contributed by atoms with Crippen LogP contribution < -0.4 is 5.73 Å². The molecule has 0 radical (unpaired) electrons. The Bertz CT molecular complexity index is 293. The fourth-order valence-corrected chi connectivity index (χ4v) is 2.05. The maximum Gasteiger partial charge on any atom is 0.0635 e. The van der Waals surface area contributed by atoms with Gasteiger partial charge in [-0.3, -0.25) is 0 Å². The number of rotatable bonds is 5. The molecule has 2 nitrogen and oxygen atoms in total. The molecule has 4 heteroatoms. The first kappa shape index (κ1) is 11.7. The van der Waals surface area contributed by atoms with E-state index in [2.05, 4.69) is 0 Å². The van der Waals surface area contributed by atoms with E-state index < -0.39 is 0 Å². The van der Waals surface area contributed by atoms with Crippen molar-refractivity contribution in [2.24, 2.45) is 0 Å². The summed E-state index contributed by atoms with van der Waals surface area (Å²) in [6.45, 7) is 0.260. The molecular formula is C10H14ClNOS. The lowest BCUT2D eigenvalue weighted by atomic mass is 10.2. The van der Waals surface area contributed by atoms with Gasteiger partial charge in [0.1, 0.15) is 0 Å². The van der Waals surface area contributed by atoms with E-state index in [0.29, 0.717) is 10.7 Å². The first-order valence-electron chi connectivity index (χ1n) is 4.46. The van der Waals surface area contributed by atoms with E-state index in [1.165, 1.54) is 5.56 Å². The van der Waals surface area contributed by atoms with Crippen molar-refractivity contribution in [1.82, 2.24) is 0 Å². The van der Waals surface area contributed by atoms with Gasteiger partial charge in [0.2, 0.25) is 0 Å². The molecule has 0 spiro atoms. The average molecular weight is 232 g/mol. The topological polar surface area (TPSA) is 46.2 Å². The number of hydrogen-bond acceptors (Lipinski definition) is 3. The van der Waals surface area contributed by atoms with Crippen LogP contribution in [-0.4, -0.2) is 17.5 Å². The molecule has 3 N–H and O–H groups in total. The standard InChI is InChI=1S/C10H14ClNOS/c11-9-3-2-8(6-10(9)12)7-14-5-1-4-13/h2-3,6,13H,1,4-5,7,12H2. The monoisotopic (exact) mass is 231 g/mol. The van der Waals surface area contributed by atoms with E-state index >= 15 is 0 Å². The number of anilines is 1. The van der Waals surface area contributed by atoms with Gasteiger partial charge in [-0.1, -0.05) is 17.7 Å². The van der Waals surface area contributed by atoms with Crippen molar-refractivity contribution in [3.05, 3.63) is 28.8 Å². The van der Waals surface area contributed by atoms with E-state index in [1.54, 1.807) is 11.8 Å². The molecule has 0 saturated heterocycles. The van der Waals surface area contributed by atoms with Crippen molar-refractivity contribution >= 4 is 29.1 Å². The third-order valence-corrected chi connectivity index (χ3v) is 3.23. The van der Waals surface area contributed by atoms with E-state index in [4.69, 9.17) is 22.4 Å². The van der Waals surface area contributed by atoms with Gasteiger partial charge in [-0.25, -0.2) is 0 Å². The molecule has 0 saturated carbocycles. The Morgan fingerprint density at radius 3 is 2.86 bits per heavy atom. The SMILES string of the molecule is Nc1cc(CSCCCO)ccc1Cl. The summed E-state index contributed by atoms with van der Waals surface area (Å²) >= 11 is 7.59. The van der Waals surface area contributed by atoms with Crippen molar-refractivity contribution in [2.75, 3.05) is 18.1 Å². The van der Waals surface area contributed by atoms with Crippen LogP contribution in [0.15, 0.2) is 18.2 Å². The molecule has 0 heterocycles. The van der Waals surface area contributed by atoms with Crippen LogP contribution in [0.2, 0.25) is 5.02 Å². The van der Waals surface area contributed by atoms with Crippen molar-refractivity contribution in [2.45, 2.75) is 12.2 Å². The van der Waals surface area contributed by atoms with Gasteiger partial charge in [0.15, 0.2) is 0 Å². The van der Waals surface area contributed by atoms with Crippen LogP contribution in [-0.2, 0) is 5.75 Å². The zero-order valence-electron chi connectivity index (χ0n) is 7.87. The Hall–Kier alpha value is -0.380. The van der Waals surface area contributed by atoms with Gasteiger partial charge in [-0.05, 0) is 29.9 Å². The Balaban J connectivity index is 2.39. The third kappa shape index (κ3) is 3.78. The van der Waals surface area contributed by atoms with Gasteiger partial charge >= 0.3 is 0 Å². The molecule has 0 bridgehead atoms. The van der Waals surface area contributed by atoms with Gasteiger partial charge in [-0.2, -0.15) is 11.8 Å². The molecule has 78 valence electrons. The van der Waals surface area contributed by atoms with Gasteiger partial charge in [0.05, 0.1) is 10.7 Å². The van der Waals surface area contributed by atoms with Gasteiger partial charge < -0.3 is 10.8 Å². The Morgan fingerprint density at radius 1 is 1.43 bits per heavy atom. The second-order valence-corrected chi connectivity index (χ2v) is 4.50. The van der Waals surface area contributed by atoms with E-state index in [1.807, 2.05) is 18.2 Å². The molecule has 1 aromatic rings. The molecule has 0 aliphatic rings. The number of nitrogen functional groups attached to an aromatic ring is 1. The number of halogens is 1. The molecule has 14 heavy (non-hydrogen) atoms. The highest BCUT2D eigenvalue weighted by Gasteiger charge is 1.98. The maximum absolute atomic E-state index is 8.59. The highest BCUT2D eigenvalue weighted by atomic mass is 35.5. The number of hydrogen-bond donors (Lipinski definition) is 2. The van der Waals surface area contributed by atoms with Crippen LogP contribution in [0.5, 0.6) is 0 Å². The second kappa shape index (κ2) is 6.17. The van der Waals surface area contributed by atoms with Crippen LogP contribution in [0.4, 0.5) is 5.69 Å². The number of aliphatic hydroxyl groups excluding tert-OH is 1. The van der Waals surface area contributed by atoms with E-state index in [9.17, 15) is 0 Å². The Morgan fingerprint density at radius 2 is 2.21 bits per heavy atom. The van der Waals surface area contributed by atoms with Crippen LogP contribution in [0.3, 0.4) is 0 Å². The molecule has 0 aliphatic heterocycles. The second-order valence-electron chi connectivity index (χ2n) is 2.99. The van der Waals surface area contributed by atoms with Gasteiger partial charge in [0.25, 0.3) is 0 Å². The summed E-state index contributed by atoms with van der Waals surface area (Å²) in [5.74, 6) is 1.89. The molecule has 0 unspecified atom stereocenters. The fourth-order valence-electron chi connectivity index (χ4n) is 1.04. The van der Waals surface area contributed by atoms with Crippen molar-refractivity contribution in [1.29, 1.82) is 0 Å². The van der Waals surface area contributed by atoms with Crippen LogP contribution in [0, 0.1) is 0 Å². The number of benzene rings is 1. The zero-order valence-corrected chi connectivity index (χ0v) is 9.44. The number of aliphatic hydroxyl groups is 1. The molecule has 1 aromatic carbocycles. The molecule has 0 fully saturated rings. The largest absolute Gasteiger partial charge is 0.398 e. The van der Waals surface area contributed by atoms with E-state index in [0.717, 1.165) is 17.9 Å². The molecular weight excluding hydrogens is 218 g/mol. The normalized spacial score (nSPS) is 10.4. The predicted molar refractivity (Wildman–Crippen MR) is 63.7 cm³/mol. The highest BCUT2D eigenvalue weighted by Crippen LogP contribution is 2.22. The molecule has 0 atom stereocenters. The maximum atomic E-state index is 8.59. The Kier molecular flexibility index (Phi) is 5.15. The minimum Gasteiger partial charge on any atom is -0.398 e. The van der Waals surface area contributed by atoms with Crippen molar-refractivity contribution < 1.29 is 5.11 Å². The first-order chi connectivity index (χ1) is 6.74. The third-order valence-electron chi connectivity index (χ3n) is 1.78. The lowest BCUT2D eigenvalue weighted by Crippen LogP contribution is -1.90. The minimum absolute atomic E-state index is 0.260. The van der Waals surface area contributed by atoms with Crippen LogP contribution in [0.25, 0.3) is 0 Å². The van der Waals surface area contributed by atoms with Crippen molar-refractivity contribution in [3.63, 3.8) is 0 Å². The molecule has 0 amide bonds. The summed E-state index contributed by atoms with van der Waals surface area (Å²) in [6, 6.07) is 5.69. The first-order valence-corrected chi connectivity index (χ1v) is 6.00. The fraction of sp³-hybridized carbons (Fsp3) is 0.400. The van der Waals surface area contributed by atoms with Gasteiger partial charge in [-0.15, -0.1) is 0 Å². The molecule has 0 aromatic heterocycles. The van der Waals surface area contributed by atoms with Crippen LogP contribution in [0.1, 0.15) is 12.0 Å². The average Bonchev–Trinajstić information content (AvgIpc) is 2.18. The Labute approximate surface area is 93.5 Å². The predicted octanol–water partition coefficient (Wildman–Crippen LogP) is 2.54. The summed E-state index contributed by atoms with van der Waals surface area (Å²) < 4.78 is 0. The lowest BCUT2D eigenvalue weighted by Gasteiger charge is -2.03. The lowest BCUT2D eigenvalue weighted by molar-refractivity contribution is 0.296. The summed E-state index contributed by atoms with van der Waals surface area (Å²) in [4.78, 5) is 0. The summed E-state index contributed by atoms with van der Waals surface area (Å²) in [7, 11) is 0. The number of thioether (sulfide) groups is 1. The highest BCUT2D eigenvalue weighted by molar-refractivity contribution is 7.98. The van der Waals surface area contributed by atoms with E-state index in [-0.39, 0.29) is 6.61 Å². The summed E-state index contributed by atoms with van der Waals surface area (Å²) in [6.07, 6.45) is 0.841. The molecule has 1 rings (SSSR count). The number of nitrogens with two attached hydrogens (primary N) is 1.